The molecule has 0 bridgehead atoms. The Bertz CT molecular complexity index is 880. The maximum absolute atomic E-state index is 12.4. The number of benzene rings is 2. The Morgan fingerprint density at radius 2 is 2.10 bits per heavy atom. The van der Waals surface area contributed by atoms with Crippen molar-refractivity contribution in [3.63, 3.8) is 0 Å². The van der Waals surface area contributed by atoms with Gasteiger partial charge in [0.05, 0.1) is 17.4 Å². The summed E-state index contributed by atoms with van der Waals surface area (Å²) in [5, 5.41) is 9.19. The molecule has 0 aliphatic rings. The summed E-state index contributed by atoms with van der Waals surface area (Å²) in [6.07, 6.45) is 0. The lowest BCUT2D eigenvalue weighted by Crippen LogP contribution is -1.99. The number of nitrogens with two attached hydrogens (primary N) is 1. The van der Waals surface area contributed by atoms with Crippen LogP contribution in [0.25, 0.3) is 11.1 Å². The van der Waals surface area contributed by atoms with Gasteiger partial charge in [-0.1, -0.05) is 18.2 Å². The molecule has 0 saturated heterocycles. The molecule has 0 aliphatic heterocycles. The molecule has 6 heteroatoms. The molecule has 0 spiro atoms. The molecule has 3 rings (SSSR count). The van der Waals surface area contributed by atoms with E-state index >= 15 is 0 Å². The molecule has 0 amide bonds. The minimum absolute atomic E-state index is 0.142. The van der Waals surface area contributed by atoms with Crippen molar-refractivity contribution >= 4 is 27.6 Å². The van der Waals surface area contributed by atoms with Crippen LogP contribution in [0.1, 0.15) is 11.1 Å². The second-order valence-corrected chi connectivity index (χ2v) is 5.79. The highest BCUT2D eigenvalue weighted by Crippen LogP contribution is 2.22. The molecule has 0 radical (unpaired) electrons. The molecule has 2 aromatic carbocycles. The maximum Gasteiger partial charge on any atom is 0.288 e. The van der Waals surface area contributed by atoms with Crippen molar-refractivity contribution in [1.82, 2.24) is 4.98 Å². The summed E-state index contributed by atoms with van der Waals surface area (Å²) >= 11 is 0. The minimum Gasteiger partial charge on any atom is -0.430 e. The number of hydrogen-bond donors (Lipinski definition) is 1. The molecule has 3 aromatic rings. The molecule has 104 valence electrons. The molecule has 2 N–H and O–H groups in total. The van der Waals surface area contributed by atoms with Gasteiger partial charge in [0.1, 0.15) is 16.3 Å². The van der Waals surface area contributed by atoms with Crippen molar-refractivity contribution in [2.24, 2.45) is 0 Å². The molecule has 0 fully saturated rings. The van der Waals surface area contributed by atoms with Crippen molar-refractivity contribution in [2.75, 3.05) is 5.73 Å². The first-order valence-electron chi connectivity index (χ1n) is 6.20. The molecule has 0 saturated carbocycles. The molecule has 0 aliphatic carbocycles. The number of anilines is 1. The monoisotopic (exact) mass is 297 g/mol. The van der Waals surface area contributed by atoms with Crippen molar-refractivity contribution in [1.29, 1.82) is 5.26 Å². The highest BCUT2D eigenvalue weighted by atomic mass is 32.2. The van der Waals surface area contributed by atoms with Gasteiger partial charge in [0.2, 0.25) is 0 Å². The van der Waals surface area contributed by atoms with E-state index in [-0.39, 0.29) is 11.0 Å². The lowest BCUT2D eigenvalue weighted by Gasteiger charge is -2.00. The van der Waals surface area contributed by atoms with Crippen LogP contribution in [0, 0.1) is 11.3 Å². The highest BCUT2D eigenvalue weighted by Gasteiger charge is 2.15. The number of nitriles is 1. The average Bonchev–Trinajstić information content (AvgIpc) is 2.91. The van der Waals surface area contributed by atoms with E-state index in [1.54, 1.807) is 42.5 Å². The summed E-state index contributed by atoms with van der Waals surface area (Å²) in [5.41, 5.74) is 8.58. The Morgan fingerprint density at radius 3 is 2.90 bits per heavy atom. The third-order valence-electron chi connectivity index (χ3n) is 3.01. The zero-order chi connectivity index (χ0) is 14.8. The summed E-state index contributed by atoms with van der Waals surface area (Å²) in [6, 6.07) is 14.2. The Balaban J connectivity index is 1.92. The Morgan fingerprint density at radius 1 is 1.29 bits per heavy atom. The van der Waals surface area contributed by atoms with Gasteiger partial charge in [0, 0.05) is 5.69 Å². The third kappa shape index (κ3) is 2.64. The molecule has 21 heavy (non-hydrogen) atoms. The first kappa shape index (κ1) is 13.3. The van der Waals surface area contributed by atoms with Gasteiger partial charge in [-0.15, -0.1) is 0 Å². The zero-order valence-electron chi connectivity index (χ0n) is 10.9. The van der Waals surface area contributed by atoms with Gasteiger partial charge in [-0.25, -0.2) is 9.19 Å². The minimum atomic E-state index is -1.46. The maximum atomic E-state index is 12.4. The van der Waals surface area contributed by atoms with Crippen LogP contribution < -0.4 is 5.73 Å². The van der Waals surface area contributed by atoms with E-state index in [9.17, 15) is 4.21 Å². The van der Waals surface area contributed by atoms with Gasteiger partial charge in [-0.3, -0.25) is 0 Å². The predicted octanol–water partition coefficient (Wildman–Crippen LogP) is 2.59. The summed E-state index contributed by atoms with van der Waals surface area (Å²) in [7, 11) is -1.46. The first-order chi connectivity index (χ1) is 10.2. The average molecular weight is 297 g/mol. The van der Waals surface area contributed by atoms with Gasteiger partial charge in [-0.05, 0) is 29.8 Å². The van der Waals surface area contributed by atoms with E-state index in [0.717, 1.165) is 0 Å². The fourth-order valence-corrected chi connectivity index (χ4v) is 3.02. The second kappa shape index (κ2) is 5.38. The summed E-state index contributed by atoms with van der Waals surface area (Å²) in [4.78, 5) is 4.20. The summed E-state index contributed by atoms with van der Waals surface area (Å²) < 4.78 is 17.8. The van der Waals surface area contributed by atoms with Gasteiger partial charge in [0.25, 0.3) is 5.22 Å². The fraction of sp³-hybridized carbons (Fsp3) is 0.0667. The third-order valence-corrected chi connectivity index (χ3v) is 4.15. The number of oxazole rings is 1. The van der Waals surface area contributed by atoms with Gasteiger partial charge in [-0.2, -0.15) is 5.26 Å². The van der Waals surface area contributed by atoms with Crippen LogP contribution in [0.3, 0.4) is 0 Å². The molecule has 1 aromatic heterocycles. The van der Waals surface area contributed by atoms with Crippen LogP contribution in [0.15, 0.2) is 52.1 Å². The quantitative estimate of drug-likeness (QED) is 0.750. The molecular formula is C15H11N3O2S. The number of aromatic nitrogens is 1. The van der Waals surface area contributed by atoms with E-state index in [1.807, 2.05) is 0 Å². The molecule has 1 heterocycles. The van der Waals surface area contributed by atoms with Crippen molar-refractivity contribution in [2.45, 2.75) is 11.0 Å². The van der Waals surface area contributed by atoms with Crippen LogP contribution in [0.5, 0.6) is 0 Å². The van der Waals surface area contributed by atoms with Crippen molar-refractivity contribution in [3.8, 4) is 6.07 Å². The summed E-state index contributed by atoms with van der Waals surface area (Å²) in [5.74, 6) is 0.187. The van der Waals surface area contributed by atoms with Gasteiger partial charge < -0.3 is 10.2 Å². The number of fused-ring (bicyclic) bond motifs is 1. The van der Waals surface area contributed by atoms with E-state index < -0.39 is 10.8 Å². The summed E-state index contributed by atoms with van der Waals surface area (Å²) in [6.45, 7) is 0. The predicted molar refractivity (Wildman–Crippen MR) is 79.7 cm³/mol. The van der Waals surface area contributed by atoms with E-state index in [2.05, 4.69) is 11.1 Å². The SMILES string of the molecule is N#Cc1ccccc1CS(=O)c1nc2cc(N)ccc2o1. The highest BCUT2D eigenvalue weighted by molar-refractivity contribution is 7.84. The smallest absolute Gasteiger partial charge is 0.288 e. The molecular weight excluding hydrogens is 286 g/mol. The lowest BCUT2D eigenvalue weighted by atomic mass is 10.1. The van der Waals surface area contributed by atoms with Crippen LogP contribution in [0.2, 0.25) is 0 Å². The Hall–Kier alpha value is -2.65. The van der Waals surface area contributed by atoms with E-state index in [0.29, 0.717) is 27.9 Å². The molecule has 5 nitrogen and oxygen atoms in total. The second-order valence-electron chi connectivity index (χ2n) is 4.47. The topological polar surface area (TPSA) is 92.9 Å². The first-order valence-corrected chi connectivity index (χ1v) is 7.52. The van der Waals surface area contributed by atoms with E-state index in [1.165, 1.54) is 0 Å². The largest absolute Gasteiger partial charge is 0.430 e. The number of hydrogen-bond acceptors (Lipinski definition) is 5. The van der Waals surface area contributed by atoms with E-state index in [4.69, 9.17) is 15.4 Å². The Labute approximate surface area is 123 Å². The van der Waals surface area contributed by atoms with Crippen LogP contribution in [0.4, 0.5) is 5.69 Å². The van der Waals surface area contributed by atoms with Crippen molar-refractivity contribution < 1.29 is 8.63 Å². The lowest BCUT2D eigenvalue weighted by molar-refractivity contribution is 0.477. The zero-order valence-corrected chi connectivity index (χ0v) is 11.8. The van der Waals surface area contributed by atoms with Crippen LogP contribution in [-0.2, 0) is 16.6 Å². The fourth-order valence-electron chi connectivity index (χ4n) is 1.98. The number of nitrogens with zero attached hydrogens (tertiary/aromatic N) is 2. The molecule has 1 unspecified atom stereocenters. The van der Waals surface area contributed by atoms with Crippen LogP contribution in [-0.4, -0.2) is 9.19 Å². The normalized spacial score (nSPS) is 12.1. The standard InChI is InChI=1S/C15H11N3O2S/c16-8-10-3-1-2-4-11(10)9-21(19)15-18-13-7-12(17)5-6-14(13)20-15/h1-7H,9,17H2. The van der Waals surface area contributed by atoms with Gasteiger partial charge >= 0.3 is 0 Å². The van der Waals surface area contributed by atoms with Crippen molar-refractivity contribution in [3.05, 3.63) is 53.6 Å². The van der Waals surface area contributed by atoms with Gasteiger partial charge in [0.15, 0.2) is 5.58 Å². The Kier molecular flexibility index (Phi) is 3.42. The van der Waals surface area contributed by atoms with Crippen LogP contribution >= 0.6 is 0 Å². The number of nitrogen functional groups attached to an aromatic ring is 1. The molecule has 1 atom stereocenters. The number of rotatable bonds is 3.